The van der Waals surface area contributed by atoms with Crippen molar-refractivity contribution in [2.24, 2.45) is 5.73 Å². The van der Waals surface area contributed by atoms with Gasteiger partial charge < -0.3 is 19.7 Å². The third-order valence-corrected chi connectivity index (χ3v) is 2.47. The van der Waals surface area contributed by atoms with Gasteiger partial charge in [-0.3, -0.25) is 0 Å². The van der Waals surface area contributed by atoms with Crippen molar-refractivity contribution in [3.63, 3.8) is 0 Å². The van der Waals surface area contributed by atoms with Crippen LogP contribution in [-0.2, 0) is 0 Å². The van der Waals surface area contributed by atoms with Gasteiger partial charge in [-0.2, -0.15) is 4.98 Å². The second kappa shape index (κ2) is 6.40. The van der Waals surface area contributed by atoms with Gasteiger partial charge in [0.05, 0.1) is 20.3 Å². The van der Waals surface area contributed by atoms with Crippen LogP contribution in [0.5, 0.6) is 11.5 Å². The summed E-state index contributed by atoms with van der Waals surface area (Å²) in [6.07, 6.45) is 0. The summed E-state index contributed by atoms with van der Waals surface area (Å²) >= 11 is 0. The molecule has 0 amide bonds. The number of ether oxygens (including phenoxy) is 2. The standard InChI is InChI=1S/C12H15N3O3.ClH/c1-7(13)12-14-11(15-18-12)8-4-5-9(16-2)10(6-8)17-3;/h4-7H,13H2,1-3H3;1H. The van der Waals surface area contributed by atoms with E-state index >= 15 is 0 Å². The number of benzene rings is 1. The Kier molecular flexibility index (Phi) is 5.14. The minimum atomic E-state index is -0.286. The SMILES string of the molecule is COc1ccc(-c2noc(C(C)N)n2)cc1OC.Cl. The van der Waals surface area contributed by atoms with Crippen LogP contribution in [0.4, 0.5) is 0 Å². The molecule has 1 unspecified atom stereocenters. The Hall–Kier alpha value is -1.79. The third kappa shape index (κ3) is 3.15. The second-order valence-electron chi connectivity index (χ2n) is 3.81. The Labute approximate surface area is 117 Å². The number of methoxy groups -OCH3 is 2. The average molecular weight is 286 g/mol. The Morgan fingerprint density at radius 1 is 1.21 bits per heavy atom. The van der Waals surface area contributed by atoms with E-state index in [1.807, 2.05) is 6.07 Å². The van der Waals surface area contributed by atoms with Gasteiger partial charge in [0.2, 0.25) is 11.7 Å². The second-order valence-corrected chi connectivity index (χ2v) is 3.81. The van der Waals surface area contributed by atoms with Crippen LogP contribution < -0.4 is 15.2 Å². The highest BCUT2D eigenvalue weighted by Gasteiger charge is 2.13. The van der Waals surface area contributed by atoms with Crippen molar-refractivity contribution in [3.05, 3.63) is 24.1 Å². The van der Waals surface area contributed by atoms with E-state index in [-0.39, 0.29) is 18.4 Å². The number of aromatic nitrogens is 2. The van der Waals surface area contributed by atoms with Crippen molar-refractivity contribution in [1.29, 1.82) is 0 Å². The lowest BCUT2D eigenvalue weighted by molar-refractivity contribution is 0.355. The summed E-state index contributed by atoms with van der Waals surface area (Å²) in [6.45, 7) is 1.78. The number of hydrogen-bond acceptors (Lipinski definition) is 6. The summed E-state index contributed by atoms with van der Waals surface area (Å²) in [6, 6.07) is 5.12. The molecule has 0 aliphatic carbocycles. The van der Waals surface area contributed by atoms with E-state index in [1.54, 1.807) is 33.3 Å². The summed E-state index contributed by atoms with van der Waals surface area (Å²) in [5, 5.41) is 3.88. The van der Waals surface area contributed by atoms with Gasteiger partial charge in [0.1, 0.15) is 0 Å². The molecule has 1 atom stereocenters. The quantitative estimate of drug-likeness (QED) is 0.927. The van der Waals surface area contributed by atoms with Crippen molar-refractivity contribution in [3.8, 4) is 22.9 Å². The van der Waals surface area contributed by atoms with Crippen LogP contribution in [0.25, 0.3) is 11.4 Å². The molecule has 2 rings (SSSR count). The fourth-order valence-corrected chi connectivity index (χ4v) is 1.51. The maximum atomic E-state index is 5.67. The van der Waals surface area contributed by atoms with E-state index in [1.165, 1.54) is 0 Å². The van der Waals surface area contributed by atoms with Crippen LogP contribution in [0.15, 0.2) is 22.7 Å². The predicted octanol–water partition coefficient (Wildman–Crippen LogP) is 2.20. The first-order chi connectivity index (χ1) is 8.65. The molecule has 7 heteroatoms. The molecule has 1 aromatic heterocycles. The number of nitrogens with zero attached hydrogens (tertiary/aromatic N) is 2. The van der Waals surface area contributed by atoms with Crippen molar-refractivity contribution < 1.29 is 14.0 Å². The topological polar surface area (TPSA) is 83.4 Å². The molecule has 0 fully saturated rings. The molecular weight excluding hydrogens is 270 g/mol. The molecular formula is C12H16ClN3O3. The maximum Gasteiger partial charge on any atom is 0.243 e. The molecule has 2 N–H and O–H groups in total. The van der Waals surface area contributed by atoms with Crippen LogP contribution in [0, 0.1) is 0 Å². The first-order valence-electron chi connectivity index (χ1n) is 5.47. The van der Waals surface area contributed by atoms with Crippen LogP contribution in [0.3, 0.4) is 0 Å². The molecule has 0 saturated carbocycles. The molecule has 6 nitrogen and oxygen atoms in total. The highest BCUT2D eigenvalue weighted by Crippen LogP contribution is 2.31. The van der Waals surface area contributed by atoms with Crippen LogP contribution in [0.2, 0.25) is 0 Å². The summed E-state index contributed by atoms with van der Waals surface area (Å²) < 4.78 is 15.4. The number of nitrogens with two attached hydrogens (primary N) is 1. The van der Waals surface area contributed by atoms with E-state index < -0.39 is 0 Å². The molecule has 0 saturated heterocycles. The molecule has 0 aliphatic rings. The minimum Gasteiger partial charge on any atom is -0.493 e. The van der Waals surface area contributed by atoms with Crippen molar-refractivity contribution in [1.82, 2.24) is 10.1 Å². The van der Waals surface area contributed by atoms with Gasteiger partial charge in [0.15, 0.2) is 11.5 Å². The Bertz CT molecular complexity index is 543. The molecule has 1 heterocycles. The van der Waals surface area contributed by atoms with Gasteiger partial charge in [0, 0.05) is 5.56 Å². The fraction of sp³-hybridized carbons (Fsp3) is 0.333. The lowest BCUT2D eigenvalue weighted by atomic mass is 10.2. The van der Waals surface area contributed by atoms with Crippen LogP contribution in [-0.4, -0.2) is 24.4 Å². The predicted molar refractivity (Wildman–Crippen MR) is 72.7 cm³/mol. The normalized spacial score (nSPS) is 11.6. The van der Waals surface area contributed by atoms with Crippen molar-refractivity contribution in [2.75, 3.05) is 14.2 Å². The Morgan fingerprint density at radius 3 is 2.42 bits per heavy atom. The van der Waals surface area contributed by atoms with Gasteiger partial charge in [-0.1, -0.05) is 5.16 Å². The molecule has 0 spiro atoms. The Morgan fingerprint density at radius 2 is 1.89 bits per heavy atom. The fourth-order valence-electron chi connectivity index (χ4n) is 1.51. The molecule has 19 heavy (non-hydrogen) atoms. The van der Waals surface area contributed by atoms with Crippen LogP contribution >= 0.6 is 12.4 Å². The summed E-state index contributed by atoms with van der Waals surface area (Å²) in [4.78, 5) is 4.21. The zero-order valence-corrected chi connectivity index (χ0v) is 11.7. The summed E-state index contributed by atoms with van der Waals surface area (Å²) in [5.74, 6) is 2.14. The van der Waals surface area contributed by atoms with Gasteiger partial charge in [-0.25, -0.2) is 0 Å². The number of hydrogen-bond donors (Lipinski definition) is 1. The largest absolute Gasteiger partial charge is 0.493 e. The van der Waals surface area contributed by atoms with Crippen molar-refractivity contribution in [2.45, 2.75) is 13.0 Å². The molecule has 2 aromatic rings. The van der Waals surface area contributed by atoms with E-state index in [4.69, 9.17) is 19.7 Å². The van der Waals surface area contributed by atoms with Crippen molar-refractivity contribution >= 4 is 12.4 Å². The molecule has 104 valence electrons. The van der Waals surface area contributed by atoms with Gasteiger partial charge in [-0.05, 0) is 25.1 Å². The lowest BCUT2D eigenvalue weighted by Gasteiger charge is -2.07. The number of halogens is 1. The smallest absolute Gasteiger partial charge is 0.243 e. The first-order valence-corrected chi connectivity index (χ1v) is 5.47. The molecule has 1 aromatic carbocycles. The Balaban J connectivity index is 0.00000180. The molecule has 0 bridgehead atoms. The van der Waals surface area contributed by atoms with E-state index in [0.717, 1.165) is 5.56 Å². The number of rotatable bonds is 4. The summed E-state index contributed by atoms with van der Waals surface area (Å²) in [5.41, 5.74) is 6.45. The monoisotopic (exact) mass is 285 g/mol. The maximum absolute atomic E-state index is 5.67. The molecule has 0 radical (unpaired) electrons. The third-order valence-electron chi connectivity index (χ3n) is 2.47. The van der Waals surface area contributed by atoms with Gasteiger partial charge in [-0.15, -0.1) is 12.4 Å². The minimum absolute atomic E-state index is 0. The van der Waals surface area contributed by atoms with Crippen LogP contribution in [0.1, 0.15) is 18.9 Å². The highest BCUT2D eigenvalue weighted by molar-refractivity contribution is 5.85. The lowest BCUT2D eigenvalue weighted by Crippen LogP contribution is -2.04. The average Bonchev–Trinajstić information content (AvgIpc) is 2.87. The molecule has 0 aliphatic heterocycles. The zero-order valence-electron chi connectivity index (χ0n) is 10.9. The van der Waals surface area contributed by atoms with Gasteiger partial charge in [0.25, 0.3) is 0 Å². The van der Waals surface area contributed by atoms with E-state index in [2.05, 4.69) is 10.1 Å². The van der Waals surface area contributed by atoms with E-state index in [9.17, 15) is 0 Å². The zero-order chi connectivity index (χ0) is 13.1. The summed E-state index contributed by atoms with van der Waals surface area (Å²) in [7, 11) is 3.16. The van der Waals surface area contributed by atoms with Gasteiger partial charge >= 0.3 is 0 Å². The van der Waals surface area contributed by atoms with E-state index in [0.29, 0.717) is 23.2 Å². The first kappa shape index (κ1) is 15.3. The highest BCUT2D eigenvalue weighted by atomic mass is 35.5.